The van der Waals surface area contributed by atoms with Gasteiger partial charge in [0.25, 0.3) is 0 Å². The van der Waals surface area contributed by atoms with Crippen LogP contribution in [0.25, 0.3) is 110 Å². The van der Waals surface area contributed by atoms with E-state index in [2.05, 4.69) is 254 Å². The van der Waals surface area contributed by atoms with Crippen LogP contribution in [0.5, 0.6) is 0 Å². The van der Waals surface area contributed by atoms with Crippen molar-refractivity contribution in [3.05, 3.63) is 261 Å². The van der Waals surface area contributed by atoms with E-state index in [4.69, 9.17) is 4.42 Å². The molecule has 2 heteroatoms. The van der Waals surface area contributed by atoms with E-state index in [0.29, 0.717) is 0 Å². The molecule has 0 aliphatic carbocycles. The van der Waals surface area contributed by atoms with Crippen molar-refractivity contribution in [3.8, 4) is 55.6 Å². The lowest BCUT2D eigenvalue weighted by Gasteiger charge is -2.26. The van der Waals surface area contributed by atoms with Crippen molar-refractivity contribution >= 4 is 71.3 Å². The molecule has 0 saturated heterocycles. The Bertz CT molecular complexity index is 3990. The smallest absolute Gasteiger partial charge is 0.135 e. The summed E-state index contributed by atoms with van der Waals surface area (Å²) in [6, 6.07) is 94.5. The van der Waals surface area contributed by atoms with Crippen LogP contribution < -0.4 is 4.90 Å². The third-order valence-electron chi connectivity index (χ3n) is 13.7. The van der Waals surface area contributed by atoms with Crippen molar-refractivity contribution in [2.75, 3.05) is 4.90 Å². The summed E-state index contributed by atoms with van der Waals surface area (Å²) in [5.41, 5.74) is 16.9. The Morgan fingerprint density at radius 2 is 0.735 bits per heavy atom. The predicted octanol–water partition coefficient (Wildman–Crippen LogP) is 18.9. The molecule has 68 heavy (non-hydrogen) atoms. The standard InChI is InChI=1S/C66H43NO/c1-3-16-48(17-4-1)65-60-26-10-9-24-57(60)58-39-35-51(42-62(58)66(65)49-18-5-2-6-19-49)50-21-13-22-53(41-50)67(54-38-40-64-61(43-54)59-25-11-12-28-63(59)68-64)52-36-33-45(34-37-52)44-29-31-47(32-30-44)56-27-14-20-46-15-7-8-23-55(46)56/h1-43H. The number of rotatable bonds is 8. The lowest BCUT2D eigenvalue weighted by atomic mass is 9.84. The normalized spacial score (nSPS) is 11.5. The van der Waals surface area contributed by atoms with Crippen molar-refractivity contribution in [1.82, 2.24) is 0 Å². The van der Waals surface area contributed by atoms with Crippen LogP contribution in [-0.2, 0) is 0 Å². The minimum atomic E-state index is 0.874. The van der Waals surface area contributed by atoms with Crippen LogP contribution in [-0.4, -0.2) is 0 Å². The summed E-state index contributed by atoms with van der Waals surface area (Å²) < 4.78 is 6.32. The van der Waals surface area contributed by atoms with Gasteiger partial charge >= 0.3 is 0 Å². The number of furan rings is 1. The largest absolute Gasteiger partial charge is 0.456 e. The third-order valence-corrected chi connectivity index (χ3v) is 13.7. The van der Waals surface area contributed by atoms with Crippen molar-refractivity contribution in [1.29, 1.82) is 0 Å². The first-order valence-corrected chi connectivity index (χ1v) is 23.3. The lowest BCUT2D eigenvalue weighted by molar-refractivity contribution is 0.669. The van der Waals surface area contributed by atoms with E-state index >= 15 is 0 Å². The first-order valence-electron chi connectivity index (χ1n) is 23.3. The zero-order valence-electron chi connectivity index (χ0n) is 37.2. The van der Waals surface area contributed by atoms with Gasteiger partial charge in [0, 0.05) is 27.8 Å². The molecule has 0 amide bonds. The Kier molecular flexibility index (Phi) is 9.54. The molecule has 12 aromatic carbocycles. The summed E-state index contributed by atoms with van der Waals surface area (Å²) in [4.78, 5) is 2.37. The van der Waals surface area contributed by atoms with E-state index in [-0.39, 0.29) is 0 Å². The van der Waals surface area contributed by atoms with Crippen molar-refractivity contribution < 1.29 is 4.42 Å². The molecule has 13 rings (SSSR count). The highest BCUT2D eigenvalue weighted by Crippen LogP contribution is 2.46. The van der Waals surface area contributed by atoms with Crippen LogP contribution in [0.4, 0.5) is 17.1 Å². The number of hydrogen-bond acceptors (Lipinski definition) is 2. The average Bonchev–Trinajstić information content (AvgIpc) is 3.79. The zero-order chi connectivity index (χ0) is 45.0. The first-order chi connectivity index (χ1) is 33.7. The molecule has 0 aliphatic rings. The monoisotopic (exact) mass is 865 g/mol. The summed E-state index contributed by atoms with van der Waals surface area (Å²) in [6.45, 7) is 0. The molecule has 0 aliphatic heterocycles. The van der Waals surface area contributed by atoms with Gasteiger partial charge in [-0.2, -0.15) is 0 Å². The number of nitrogens with zero attached hydrogens (tertiary/aromatic N) is 1. The second-order valence-corrected chi connectivity index (χ2v) is 17.6. The molecule has 0 fully saturated rings. The molecular weight excluding hydrogens is 823 g/mol. The number of fused-ring (bicyclic) bond motifs is 7. The Morgan fingerprint density at radius 3 is 1.50 bits per heavy atom. The number of benzene rings is 12. The average molecular weight is 866 g/mol. The van der Waals surface area contributed by atoms with Crippen LogP contribution in [0, 0.1) is 0 Å². The summed E-state index contributed by atoms with van der Waals surface area (Å²) in [5, 5.41) is 9.68. The second kappa shape index (κ2) is 16.5. The summed E-state index contributed by atoms with van der Waals surface area (Å²) in [5.74, 6) is 0. The van der Waals surface area contributed by atoms with Crippen LogP contribution in [0.2, 0.25) is 0 Å². The lowest BCUT2D eigenvalue weighted by Crippen LogP contribution is -2.10. The molecule has 318 valence electrons. The molecular formula is C66H43NO. The predicted molar refractivity (Wildman–Crippen MR) is 288 cm³/mol. The molecule has 0 N–H and O–H groups in total. The minimum Gasteiger partial charge on any atom is -0.456 e. The van der Waals surface area contributed by atoms with Gasteiger partial charge in [0.15, 0.2) is 0 Å². The molecule has 1 aromatic heterocycles. The van der Waals surface area contributed by atoms with Gasteiger partial charge in [-0.05, 0) is 143 Å². The fraction of sp³-hybridized carbons (Fsp3) is 0. The number of hydrogen-bond donors (Lipinski definition) is 0. The fourth-order valence-electron chi connectivity index (χ4n) is 10.4. The SMILES string of the molecule is c1ccc(-c2c(-c3ccccc3)c3cc(-c4cccc(N(c5ccc(-c6ccc(-c7cccc8ccccc78)cc6)cc5)c5ccc6oc7ccccc7c6c5)c4)ccc3c3ccccc23)cc1. The fourth-order valence-corrected chi connectivity index (χ4v) is 10.4. The number of anilines is 3. The van der Waals surface area contributed by atoms with Gasteiger partial charge < -0.3 is 9.32 Å². The summed E-state index contributed by atoms with van der Waals surface area (Å²) in [6.07, 6.45) is 0. The van der Waals surface area contributed by atoms with Crippen LogP contribution in [0.15, 0.2) is 265 Å². The van der Waals surface area contributed by atoms with E-state index in [0.717, 1.165) is 55.7 Å². The Hall–Kier alpha value is -8.98. The van der Waals surface area contributed by atoms with E-state index in [1.807, 2.05) is 12.1 Å². The van der Waals surface area contributed by atoms with Gasteiger partial charge in [-0.3, -0.25) is 0 Å². The van der Waals surface area contributed by atoms with Crippen molar-refractivity contribution in [2.24, 2.45) is 0 Å². The van der Waals surface area contributed by atoms with Crippen LogP contribution >= 0.6 is 0 Å². The van der Waals surface area contributed by atoms with Gasteiger partial charge in [-0.1, -0.05) is 206 Å². The highest BCUT2D eigenvalue weighted by Gasteiger charge is 2.20. The van der Waals surface area contributed by atoms with Crippen molar-refractivity contribution in [2.45, 2.75) is 0 Å². The Labute approximate surface area is 395 Å². The maximum Gasteiger partial charge on any atom is 0.135 e. The Morgan fingerprint density at radius 1 is 0.235 bits per heavy atom. The van der Waals surface area contributed by atoms with Crippen molar-refractivity contribution in [3.63, 3.8) is 0 Å². The van der Waals surface area contributed by atoms with Gasteiger partial charge in [-0.15, -0.1) is 0 Å². The molecule has 0 unspecified atom stereocenters. The highest BCUT2D eigenvalue weighted by atomic mass is 16.3. The van der Waals surface area contributed by atoms with Gasteiger partial charge in [-0.25, -0.2) is 0 Å². The molecule has 0 spiro atoms. The van der Waals surface area contributed by atoms with Crippen LogP contribution in [0.1, 0.15) is 0 Å². The topological polar surface area (TPSA) is 16.4 Å². The molecule has 2 nitrogen and oxygen atoms in total. The quantitative estimate of drug-likeness (QED) is 0.142. The summed E-state index contributed by atoms with van der Waals surface area (Å²) >= 11 is 0. The summed E-state index contributed by atoms with van der Waals surface area (Å²) in [7, 11) is 0. The van der Waals surface area contributed by atoms with E-state index in [1.54, 1.807) is 0 Å². The Balaban J connectivity index is 0.940. The first kappa shape index (κ1) is 39.4. The number of para-hydroxylation sites is 1. The van der Waals surface area contributed by atoms with E-state index in [1.165, 1.54) is 71.3 Å². The van der Waals surface area contributed by atoms with Gasteiger partial charge in [0.2, 0.25) is 0 Å². The van der Waals surface area contributed by atoms with E-state index < -0.39 is 0 Å². The molecule has 0 saturated carbocycles. The van der Waals surface area contributed by atoms with Crippen LogP contribution in [0.3, 0.4) is 0 Å². The molecule has 13 aromatic rings. The van der Waals surface area contributed by atoms with Gasteiger partial charge in [0.05, 0.1) is 0 Å². The molecule has 0 radical (unpaired) electrons. The minimum absolute atomic E-state index is 0.874. The second-order valence-electron chi connectivity index (χ2n) is 17.6. The van der Waals surface area contributed by atoms with E-state index in [9.17, 15) is 0 Å². The molecule has 0 bridgehead atoms. The molecule has 1 heterocycles. The highest BCUT2D eigenvalue weighted by molar-refractivity contribution is 6.22. The maximum absolute atomic E-state index is 6.32. The molecule has 0 atom stereocenters. The van der Waals surface area contributed by atoms with Gasteiger partial charge in [0.1, 0.15) is 11.2 Å². The third kappa shape index (κ3) is 6.82. The zero-order valence-corrected chi connectivity index (χ0v) is 37.2. The maximum atomic E-state index is 6.32.